The third-order valence-corrected chi connectivity index (χ3v) is 2.94. The lowest BCUT2D eigenvalue weighted by Gasteiger charge is -2.11. The van der Waals surface area contributed by atoms with Crippen molar-refractivity contribution < 1.29 is 0 Å². The summed E-state index contributed by atoms with van der Waals surface area (Å²) in [4.78, 5) is 0. The molecule has 0 amide bonds. The number of fused-ring (bicyclic) bond motifs is 1. The van der Waals surface area contributed by atoms with Gasteiger partial charge in [0.25, 0.3) is 0 Å². The second-order valence-corrected chi connectivity index (χ2v) is 4.29. The van der Waals surface area contributed by atoms with E-state index in [4.69, 9.17) is 0 Å². The lowest BCUT2D eigenvalue weighted by atomic mass is 9.96. The van der Waals surface area contributed by atoms with E-state index in [0.29, 0.717) is 11.7 Å². The second kappa shape index (κ2) is 4.95. The fraction of sp³-hybridized carbons (Fsp3) is 0.333. The van der Waals surface area contributed by atoms with E-state index in [-0.39, 0.29) is 0 Å². The minimum atomic E-state index is 0.529. The van der Waals surface area contributed by atoms with Gasteiger partial charge in [-0.2, -0.15) is 9.62 Å². The van der Waals surface area contributed by atoms with E-state index in [1.807, 2.05) is 18.3 Å². The Morgan fingerprint density at radius 1 is 1.39 bits per heavy atom. The minimum absolute atomic E-state index is 0.529. The van der Waals surface area contributed by atoms with Crippen LogP contribution in [0.2, 0.25) is 0 Å². The van der Waals surface area contributed by atoms with Crippen LogP contribution >= 0.6 is 0 Å². The molecule has 92 valence electrons. The maximum absolute atomic E-state index is 4.27. The molecule has 3 rings (SSSR count). The average molecular weight is 242 g/mol. The number of hydrogen-bond acceptors (Lipinski definition) is 5. The van der Waals surface area contributed by atoms with Gasteiger partial charge in [-0.25, -0.2) is 0 Å². The molecule has 2 aromatic heterocycles. The van der Waals surface area contributed by atoms with Crippen LogP contribution in [-0.4, -0.2) is 26.0 Å². The maximum atomic E-state index is 4.27. The van der Waals surface area contributed by atoms with Gasteiger partial charge in [0.2, 0.25) is 0 Å². The third kappa shape index (κ3) is 2.37. The topological polar surface area (TPSA) is 67.5 Å². The van der Waals surface area contributed by atoms with E-state index < -0.39 is 0 Å². The van der Waals surface area contributed by atoms with E-state index in [0.717, 1.165) is 18.5 Å². The van der Waals surface area contributed by atoms with Crippen LogP contribution in [0, 0.1) is 5.92 Å². The number of hydrazone groups is 1. The first kappa shape index (κ1) is 10.9. The number of aromatic nitrogens is 4. The highest BCUT2D eigenvalue weighted by Gasteiger charge is 2.06. The zero-order valence-electron chi connectivity index (χ0n) is 9.90. The molecule has 0 unspecified atom stereocenters. The van der Waals surface area contributed by atoms with Crippen LogP contribution < -0.4 is 5.43 Å². The number of allylic oxidation sites excluding steroid dienone is 2. The summed E-state index contributed by atoms with van der Waals surface area (Å²) in [6.45, 7) is 0. The number of hydrogen-bond donors (Lipinski definition) is 1. The summed E-state index contributed by atoms with van der Waals surface area (Å²) in [6.07, 6.45) is 11.3. The van der Waals surface area contributed by atoms with E-state index >= 15 is 0 Å². The maximum Gasteiger partial charge on any atom is 0.177 e. The van der Waals surface area contributed by atoms with Gasteiger partial charge in [-0.15, -0.1) is 15.3 Å². The van der Waals surface area contributed by atoms with Crippen molar-refractivity contribution in [2.75, 3.05) is 5.43 Å². The smallest absolute Gasteiger partial charge is 0.177 e. The van der Waals surface area contributed by atoms with Crippen LogP contribution in [-0.2, 0) is 0 Å². The number of anilines is 1. The molecule has 6 heteroatoms. The molecule has 0 radical (unpaired) electrons. The van der Waals surface area contributed by atoms with Gasteiger partial charge in [-0.1, -0.05) is 12.2 Å². The summed E-state index contributed by atoms with van der Waals surface area (Å²) >= 11 is 0. The standard InChI is InChI=1S/C12H14N6/c1-2-4-10(5-3-1)8-13-15-11-6-7-12-16-14-9-18(12)17-11/h1-2,6-10H,3-5H2,(H,15,17)/b13-8-/t10-/m0/s1. The Morgan fingerprint density at radius 2 is 2.39 bits per heavy atom. The van der Waals surface area contributed by atoms with Crippen molar-refractivity contribution in [2.24, 2.45) is 11.0 Å². The van der Waals surface area contributed by atoms with Crippen LogP contribution in [0.3, 0.4) is 0 Å². The molecule has 1 N–H and O–H groups in total. The molecule has 2 aromatic rings. The molecule has 6 nitrogen and oxygen atoms in total. The Hall–Kier alpha value is -2.24. The highest BCUT2D eigenvalue weighted by Crippen LogP contribution is 2.15. The fourth-order valence-corrected chi connectivity index (χ4v) is 1.95. The average Bonchev–Trinajstić information content (AvgIpc) is 2.87. The van der Waals surface area contributed by atoms with Crippen LogP contribution in [0.15, 0.2) is 35.7 Å². The Kier molecular flexibility index (Phi) is 2.99. The van der Waals surface area contributed by atoms with Crippen molar-refractivity contribution >= 4 is 17.7 Å². The Labute approximate surface area is 104 Å². The lowest BCUT2D eigenvalue weighted by molar-refractivity contribution is 0.627. The summed E-state index contributed by atoms with van der Waals surface area (Å²) in [5, 5.41) is 16.2. The summed E-state index contributed by atoms with van der Waals surface area (Å²) in [7, 11) is 0. The van der Waals surface area contributed by atoms with Crippen LogP contribution in [0.25, 0.3) is 5.65 Å². The molecule has 0 aliphatic heterocycles. The second-order valence-electron chi connectivity index (χ2n) is 4.29. The predicted molar refractivity (Wildman–Crippen MR) is 69.4 cm³/mol. The van der Waals surface area contributed by atoms with E-state index in [9.17, 15) is 0 Å². The normalized spacial score (nSPS) is 19.7. The monoisotopic (exact) mass is 242 g/mol. The van der Waals surface area contributed by atoms with Crippen LogP contribution in [0.1, 0.15) is 19.3 Å². The van der Waals surface area contributed by atoms with Crippen LogP contribution in [0.4, 0.5) is 5.82 Å². The molecule has 1 atom stereocenters. The third-order valence-electron chi connectivity index (χ3n) is 2.94. The number of nitrogens with one attached hydrogen (secondary N) is 1. The Morgan fingerprint density at radius 3 is 3.28 bits per heavy atom. The molecule has 0 fully saturated rings. The first-order chi connectivity index (χ1) is 8.92. The summed E-state index contributed by atoms with van der Waals surface area (Å²) < 4.78 is 1.61. The van der Waals surface area contributed by atoms with Crippen LogP contribution in [0.5, 0.6) is 0 Å². The molecule has 18 heavy (non-hydrogen) atoms. The van der Waals surface area contributed by atoms with E-state index in [2.05, 4.69) is 38.0 Å². The molecular weight excluding hydrogens is 228 g/mol. The van der Waals surface area contributed by atoms with Gasteiger partial charge in [-0.05, 0) is 37.3 Å². The fourth-order valence-electron chi connectivity index (χ4n) is 1.95. The highest BCUT2D eigenvalue weighted by atomic mass is 15.4. The lowest BCUT2D eigenvalue weighted by Crippen LogP contribution is -2.05. The molecule has 0 bridgehead atoms. The molecule has 2 heterocycles. The number of nitrogens with zero attached hydrogens (tertiary/aromatic N) is 5. The molecule has 0 saturated heterocycles. The van der Waals surface area contributed by atoms with Crippen molar-refractivity contribution in [3.8, 4) is 0 Å². The van der Waals surface area contributed by atoms with Crippen molar-refractivity contribution in [3.63, 3.8) is 0 Å². The first-order valence-electron chi connectivity index (χ1n) is 6.03. The zero-order chi connectivity index (χ0) is 12.2. The predicted octanol–water partition coefficient (Wildman–Crippen LogP) is 1.88. The van der Waals surface area contributed by atoms with Crippen molar-refractivity contribution in [1.29, 1.82) is 0 Å². The van der Waals surface area contributed by atoms with E-state index in [1.54, 1.807) is 10.8 Å². The highest BCUT2D eigenvalue weighted by molar-refractivity contribution is 5.62. The minimum Gasteiger partial charge on any atom is -0.260 e. The summed E-state index contributed by atoms with van der Waals surface area (Å²) in [5.41, 5.74) is 3.66. The van der Waals surface area contributed by atoms with Gasteiger partial charge in [0, 0.05) is 6.21 Å². The first-order valence-corrected chi connectivity index (χ1v) is 6.03. The quantitative estimate of drug-likeness (QED) is 0.507. The SMILES string of the molecule is C1=CC[C@H](/C=N\Nc2ccc3nncn3n2)CC1. The molecule has 0 spiro atoms. The molecular formula is C12H14N6. The summed E-state index contributed by atoms with van der Waals surface area (Å²) in [6, 6.07) is 3.68. The van der Waals surface area contributed by atoms with Gasteiger partial charge in [0.1, 0.15) is 6.33 Å². The summed E-state index contributed by atoms with van der Waals surface area (Å²) in [5.74, 6) is 1.21. The Bertz CT molecular complexity index is 585. The van der Waals surface area contributed by atoms with Gasteiger partial charge in [0.05, 0.1) is 0 Å². The van der Waals surface area contributed by atoms with Gasteiger partial charge < -0.3 is 0 Å². The van der Waals surface area contributed by atoms with Crippen molar-refractivity contribution in [3.05, 3.63) is 30.6 Å². The largest absolute Gasteiger partial charge is 0.260 e. The molecule has 0 aromatic carbocycles. The zero-order valence-corrected chi connectivity index (χ0v) is 9.90. The van der Waals surface area contributed by atoms with Gasteiger partial charge in [-0.3, -0.25) is 5.43 Å². The molecule has 0 saturated carbocycles. The molecule has 1 aliphatic carbocycles. The van der Waals surface area contributed by atoms with Gasteiger partial charge >= 0.3 is 0 Å². The van der Waals surface area contributed by atoms with Crippen molar-refractivity contribution in [2.45, 2.75) is 19.3 Å². The van der Waals surface area contributed by atoms with E-state index in [1.165, 1.54) is 6.42 Å². The van der Waals surface area contributed by atoms with Gasteiger partial charge in [0.15, 0.2) is 11.5 Å². The Balaban J connectivity index is 1.65. The van der Waals surface area contributed by atoms with Crippen molar-refractivity contribution in [1.82, 2.24) is 19.8 Å². The molecule has 1 aliphatic rings. The number of rotatable bonds is 3.